The normalized spacial score (nSPS) is 22.6. The molecular formula is C16H21N3O4S. The van der Waals surface area contributed by atoms with E-state index in [1.807, 2.05) is 23.1 Å². The lowest BCUT2D eigenvalue weighted by Crippen LogP contribution is -2.48. The maximum Gasteiger partial charge on any atom is 0.321 e. The van der Waals surface area contributed by atoms with Crippen LogP contribution < -0.4 is 10.6 Å². The Morgan fingerprint density at radius 1 is 1.21 bits per heavy atom. The third kappa shape index (κ3) is 4.33. The highest BCUT2D eigenvalue weighted by Crippen LogP contribution is 2.17. The number of sulfone groups is 1. The van der Waals surface area contributed by atoms with Crippen LogP contribution in [0.1, 0.15) is 17.5 Å². The molecule has 130 valence electrons. The topological polar surface area (TPSA) is 95.6 Å². The van der Waals surface area contributed by atoms with Crippen LogP contribution in [-0.4, -0.2) is 55.9 Å². The van der Waals surface area contributed by atoms with E-state index in [4.69, 9.17) is 0 Å². The molecule has 0 spiro atoms. The van der Waals surface area contributed by atoms with Gasteiger partial charge in [0.15, 0.2) is 9.84 Å². The second kappa shape index (κ2) is 6.90. The number of urea groups is 1. The molecule has 2 aliphatic rings. The van der Waals surface area contributed by atoms with Gasteiger partial charge >= 0.3 is 6.03 Å². The zero-order valence-electron chi connectivity index (χ0n) is 13.3. The van der Waals surface area contributed by atoms with Crippen LogP contribution in [0, 0.1) is 0 Å². The Morgan fingerprint density at radius 2 is 1.96 bits per heavy atom. The summed E-state index contributed by atoms with van der Waals surface area (Å²) in [6.07, 6.45) is 1.28. The number of nitrogens with one attached hydrogen (secondary N) is 2. The lowest BCUT2D eigenvalue weighted by Gasteiger charge is -2.28. The Kier molecular flexibility index (Phi) is 4.86. The van der Waals surface area contributed by atoms with Crippen molar-refractivity contribution in [1.82, 2.24) is 15.5 Å². The van der Waals surface area contributed by atoms with Crippen molar-refractivity contribution in [2.24, 2.45) is 0 Å². The summed E-state index contributed by atoms with van der Waals surface area (Å²) in [7, 11) is -3.06. The third-order valence-corrected chi connectivity index (χ3v) is 6.17. The van der Waals surface area contributed by atoms with Gasteiger partial charge in [0.25, 0.3) is 0 Å². The average molecular weight is 351 g/mol. The first-order valence-electron chi connectivity index (χ1n) is 8.01. The number of imide groups is 1. The molecule has 1 saturated heterocycles. The summed E-state index contributed by atoms with van der Waals surface area (Å²) in [6.45, 7) is 1.60. The summed E-state index contributed by atoms with van der Waals surface area (Å²) >= 11 is 0. The maximum absolute atomic E-state index is 12.0. The summed E-state index contributed by atoms with van der Waals surface area (Å²) < 4.78 is 22.7. The lowest BCUT2D eigenvalue weighted by atomic mass is 10.00. The van der Waals surface area contributed by atoms with Crippen molar-refractivity contribution >= 4 is 21.8 Å². The van der Waals surface area contributed by atoms with E-state index >= 15 is 0 Å². The first-order valence-corrected chi connectivity index (χ1v) is 9.83. The van der Waals surface area contributed by atoms with Gasteiger partial charge in [0, 0.05) is 19.1 Å². The number of carbonyl (C=O) groups is 2. The van der Waals surface area contributed by atoms with E-state index in [1.54, 1.807) is 0 Å². The molecule has 0 radical (unpaired) electrons. The van der Waals surface area contributed by atoms with Gasteiger partial charge in [-0.15, -0.1) is 0 Å². The summed E-state index contributed by atoms with van der Waals surface area (Å²) in [5, 5.41) is 4.83. The van der Waals surface area contributed by atoms with Crippen LogP contribution in [-0.2, 0) is 27.6 Å². The minimum absolute atomic E-state index is 0.0580. The van der Waals surface area contributed by atoms with Crippen LogP contribution in [0.4, 0.5) is 4.79 Å². The summed E-state index contributed by atoms with van der Waals surface area (Å²) in [6, 6.07) is 7.09. The van der Waals surface area contributed by atoms with Crippen LogP contribution in [0.2, 0.25) is 0 Å². The van der Waals surface area contributed by atoms with Crippen molar-refractivity contribution in [3.05, 3.63) is 35.4 Å². The number of carbonyl (C=O) groups excluding carboxylic acids is 2. The molecule has 1 aromatic carbocycles. The zero-order valence-corrected chi connectivity index (χ0v) is 14.1. The summed E-state index contributed by atoms with van der Waals surface area (Å²) in [5.74, 6) is -0.357. The Labute approximate surface area is 141 Å². The second-order valence-electron chi connectivity index (χ2n) is 6.35. The van der Waals surface area contributed by atoms with Gasteiger partial charge in [-0.1, -0.05) is 24.3 Å². The fraction of sp³-hybridized carbons (Fsp3) is 0.500. The van der Waals surface area contributed by atoms with E-state index in [-0.39, 0.29) is 24.0 Å². The Morgan fingerprint density at radius 3 is 2.67 bits per heavy atom. The predicted octanol–water partition coefficient (Wildman–Crippen LogP) is 0.0576. The highest BCUT2D eigenvalue weighted by molar-refractivity contribution is 7.91. The molecule has 1 atom stereocenters. The fourth-order valence-corrected chi connectivity index (χ4v) is 4.86. The molecule has 2 N–H and O–H groups in total. The molecule has 3 rings (SSSR count). The minimum Gasteiger partial charge on any atom is -0.334 e. The summed E-state index contributed by atoms with van der Waals surface area (Å²) in [4.78, 5) is 25.8. The van der Waals surface area contributed by atoms with Gasteiger partial charge in [-0.3, -0.25) is 15.0 Å². The molecule has 24 heavy (non-hydrogen) atoms. The molecule has 0 saturated carbocycles. The van der Waals surface area contributed by atoms with Gasteiger partial charge in [0.2, 0.25) is 5.91 Å². The predicted molar refractivity (Wildman–Crippen MR) is 89.2 cm³/mol. The Balaban J connectivity index is 1.45. The van der Waals surface area contributed by atoms with Gasteiger partial charge in [-0.25, -0.2) is 13.2 Å². The van der Waals surface area contributed by atoms with Gasteiger partial charge in [0.1, 0.15) is 0 Å². The molecule has 8 heteroatoms. The highest BCUT2D eigenvalue weighted by atomic mass is 32.2. The molecule has 2 aliphatic heterocycles. The number of hydrogen-bond acceptors (Lipinski definition) is 5. The van der Waals surface area contributed by atoms with Crippen molar-refractivity contribution in [2.75, 3.05) is 24.6 Å². The van der Waals surface area contributed by atoms with Crippen LogP contribution in [0.3, 0.4) is 0 Å². The molecule has 7 nitrogen and oxygen atoms in total. The summed E-state index contributed by atoms with van der Waals surface area (Å²) in [5.41, 5.74) is 2.51. The van der Waals surface area contributed by atoms with E-state index in [2.05, 4.69) is 16.7 Å². The number of benzene rings is 1. The molecule has 1 aromatic rings. The molecular weight excluding hydrogens is 330 g/mol. The average Bonchev–Trinajstić information content (AvgIpc) is 2.85. The number of nitrogens with zero attached hydrogens (tertiary/aromatic N) is 1. The van der Waals surface area contributed by atoms with Crippen molar-refractivity contribution < 1.29 is 18.0 Å². The Bertz CT molecular complexity index is 747. The quantitative estimate of drug-likeness (QED) is 0.803. The Hall–Kier alpha value is -1.93. The number of fused-ring (bicyclic) bond motifs is 1. The lowest BCUT2D eigenvalue weighted by molar-refractivity contribution is -0.121. The van der Waals surface area contributed by atoms with Crippen LogP contribution in [0.5, 0.6) is 0 Å². The van der Waals surface area contributed by atoms with Crippen LogP contribution in [0.15, 0.2) is 24.3 Å². The zero-order chi connectivity index (χ0) is 17.2. The van der Waals surface area contributed by atoms with Crippen molar-refractivity contribution in [1.29, 1.82) is 0 Å². The van der Waals surface area contributed by atoms with E-state index in [1.165, 1.54) is 11.1 Å². The van der Waals surface area contributed by atoms with Crippen LogP contribution in [0.25, 0.3) is 0 Å². The number of rotatable bonds is 3. The standard InChI is InChI=1S/C16H21N3O4S/c20-15(18-16(21)17-14-6-8-24(22,23)11-14)10-19-7-5-12-3-1-2-4-13(12)9-19/h1-4,14H,5-11H2,(H2,17,18,20,21). The minimum atomic E-state index is -3.06. The van der Waals surface area contributed by atoms with Gasteiger partial charge in [-0.2, -0.15) is 0 Å². The van der Waals surface area contributed by atoms with Crippen molar-refractivity contribution in [2.45, 2.75) is 25.4 Å². The molecule has 0 bridgehead atoms. The third-order valence-electron chi connectivity index (χ3n) is 4.40. The number of hydrogen-bond donors (Lipinski definition) is 2. The highest BCUT2D eigenvalue weighted by Gasteiger charge is 2.29. The molecule has 1 unspecified atom stereocenters. The first kappa shape index (κ1) is 16.9. The molecule has 0 aliphatic carbocycles. The van der Waals surface area contributed by atoms with Crippen molar-refractivity contribution in [3.8, 4) is 0 Å². The maximum atomic E-state index is 12.0. The SMILES string of the molecule is O=C(CN1CCc2ccccc2C1)NC(=O)NC1CCS(=O)(=O)C1. The molecule has 3 amide bonds. The van der Waals surface area contributed by atoms with Gasteiger partial charge in [0.05, 0.1) is 18.1 Å². The molecule has 2 heterocycles. The number of amides is 3. The largest absolute Gasteiger partial charge is 0.334 e. The monoisotopic (exact) mass is 351 g/mol. The van der Waals surface area contributed by atoms with Gasteiger partial charge in [-0.05, 0) is 24.0 Å². The van der Waals surface area contributed by atoms with E-state index in [0.29, 0.717) is 13.0 Å². The van der Waals surface area contributed by atoms with E-state index < -0.39 is 21.9 Å². The van der Waals surface area contributed by atoms with E-state index in [0.717, 1.165) is 13.0 Å². The van der Waals surface area contributed by atoms with Gasteiger partial charge < -0.3 is 5.32 Å². The smallest absolute Gasteiger partial charge is 0.321 e. The van der Waals surface area contributed by atoms with Crippen molar-refractivity contribution in [3.63, 3.8) is 0 Å². The first-order chi connectivity index (χ1) is 11.4. The molecule has 1 fully saturated rings. The van der Waals surface area contributed by atoms with E-state index in [9.17, 15) is 18.0 Å². The fourth-order valence-electron chi connectivity index (χ4n) is 3.19. The second-order valence-corrected chi connectivity index (χ2v) is 8.58. The molecule has 0 aromatic heterocycles. The van der Waals surface area contributed by atoms with Crippen LogP contribution >= 0.6 is 0 Å².